The zero-order chi connectivity index (χ0) is 6.62. The van der Waals surface area contributed by atoms with Crippen molar-refractivity contribution in [2.45, 2.75) is 0 Å². The molecule has 0 aliphatic carbocycles. The van der Waals surface area contributed by atoms with E-state index in [0.29, 0.717) is 0 Å². The predicted octanol–water partition coefficient (Wildman–Crippen LogP) is -0.208. The summed E-state index contributed by atoms with van der Waals surface area (Å²) in [6.07, 6.45) is 0. The van der Waals surface area contributed by atoms with Gasteiger partial charge in [-0.1, -0.05) is 0 Å². The average molecular weight is 184 g/mol. The van der Waals surface area contributed by atoms with Crippen molar-refractivity contribution in [1.82, 2.24) is 0 Å². The fraction of sp³-hybridized carbons (Fsp3) is 1.00. The molecule has 0 N–H and O–H groups in total. The van der Waals surface area contributed by atoms with Gasteiger partial charge in [-0.3, -0.25) is 0 Å². The Morgan fingerprint density at radius 2 is 1.25 bits per heavy atom. The summed E-state index contributed by atoms with van der Waals surface area (Å²) in [6, 6.07) is 0. The van der Waals surface area contributed by atoms with E-state index in [1.807, 2.05) is 0 Å². The van der Waals surface area contributed by atoms with Gasteiger partial charge in [0.1, 0.15) is 0 Å². The monoisotopic (exact) mass is 184 g/mol. The minimum absolute atomic E-state index is 1.28. The van der Waals surface area contributed by atoms with Gasteiger partial charge in [-0.05, 0) is 0 Å². The maximum absolute atomic E-state index is 10.7. The average Bonchev–Trinajstić information content (AvgIpc) is 1.87. The van der Waals surface area contributed by atoms with Gasteiger partial charge in [-0.25, -0.2) is 0 Å². The summed E-state index contributed by atoms with van der Waals surface area (Å²) >= 11 is -3.73. The molecule has 50 valence electrons. The zero-order valence-corrected chi connectivity index (χ0v) is 6.96. The van der Waals surface area contributed by atoms with Crippen LogP contribution in [0.5, 0.6) is 0 Å². The molecule has 0 heterocycles. The van der Waals surface area contributed by atoms with Crippen LogP contribution in [0.25, 0.3) is 0 Å². The van der Waals surface area contributed by atoms with Gasteiger partial charge in [0.05, 0.1) is 0 Å². The van der Waals surface area contributed by atoms with Crippen LogP contribution in [0.15, 0.2) is 0 Å². The molecular weight excluding hydrogens is 175 g/mol. The van der Waals surface area contributed by atoms with E-state index in [1.165, 1.54) is 21.3 Å². The maximum atomic E-state index is 10.7. The van der Waals surface area contributed by atoms with Crippen molar-refractivity contribution in [1.29, 1.82) is 0 Å². The van der Waals surface area contributed by atoms with Gasteiger partial charge >= 0.3 is 50.8 Å². The molecule has 5 heteroatoms. The molecule has 0 fully saturated rings. The van der Waals surface area contributed by atoms with Gasteiger partial charge in [0.25, 0.3) is 0 Å². The van der Waals surface area contributed by atoms with Crippen LogP contribution in [0, 0.1) is 0 Å². The second-order valence-electron chi connectivity index (χ2n) is 0.995. The van der Waals surface area contributed by atoms with Crippen LogP contribution in [0.4, 0.5) is 0 Å². The Kier molecular flexibility index (Phi) is 3.40. The summed E-state index contributed by atoms with van der Waals surface area (Å²) < 4.78 is 23.9. The van der Waals surface area contributed by atoms with Crippen LogP contribution in [0.3, 0.4) is 0 Å². The van der Waals surface area contributed by atoms with Gasteiger partial charge in [0.2, 0.25) is 0 Å². The van der Waals surface area contributed by atoms with E-state index in [2.05, 4.69) is 11.2 Å². The molecule has 0 amide bonds. The van der Waals surface area contributed by atoms with Crippen LogP contribution < -0.4 is 0 Å². The molecule has 0 spiro atoms. The topological polar surface area (TPSA) is 44.8 Å². The molecule has 0 unspecified atom stereocenters. The summed E-state index contributed by atoms with van der Waals surface area (Å²) in [6.45, 7) is 0. The third-order valence-corrected chi connectivity index (χ3v) is 3.49. The third-order valence-electron chi connectivity index (χ3n) is 0.671. The number of hydrogen-bond acceptors (Lipinski definition) is 4. The molecule has 4 nitrogen and oxygen atoms in total. The third kappa shape index (κ3) is 2.01. The van der Waals surface area contributed by atoms with Gasteiger partial charge < -0.3 is 0 Å². The summed E-state index contributed by atoms with van der Waals surface area (Å²) in [5, 5.41) is 0. The number of rotatable bonds is 3. The van der Waals surface area contributed by atoms with Crippen LogP contribution in [0.1, 0.15) is 0 Å². The Labute approximate surface area is 51.5 Å². The fourth-order valence-corrected chi connectivity index (χ4v) is 1.16. The van der Waals surface area contributed by atoms with Gasteiger partial charge in [-0.2, -0.15) is 0 Å². The van der Waals surface area contributed by atoms with Crippen LogP contribution >= 0.6 is 0 Å². The molecule has 0 bridgehead atoms. The van der Waals surface area contributed by atoms with Crippen molar-refractivity contribution < 1.29 is 14.9 Å². The zero-order valence-electron chi connectivity index (χ0n) is 5.08. The Bertz CT molecular complexity index is 82.4. The Morgan fingerprint density at radius 1 is 1.00 bits per heavy atom. The quantitative estimate of drug-likeness (QED) is 0.569. The second kappa shape index (κ2) is 3.30. The fourth-order valence-electron chi connectivity index (χ4n) is 0.224. The van der Waals surface area contributed by atoms with E-state index in [9.17, 15) is 3.74 Å². The molecule has 0 saturated carbocycles. The normalized spacial score (nSPS) is 11.9. The van der Waals surface area contributed by atoms with Crippen molar-refractivity contribution >= 4 is 14.5 Å². The first-order chi connectivity index (χ1) is 3.68. The molecule has 0 radical (unpaired) electrons. The van der Waals surface area contributed by atoms with Crippen molar-refractivity contribution in [3.05, 3.63) is 0 Å². The van der Waals surface area contributed by atoms with E-state index in [1.54, 1.807) is 0 Å². The van der Waals surface area contributed by atoms with E-state index < -0.39 is 14.5 Å². The first kappa shape index (κ1) is 8.24. The van der Waals surface area contributed by atoms with Gasteiger partial charge in [-0.15, -0.1) is 0 Å². The molecule has 8 heavy (non-hydrogen) atoms. The molecule has 0 aliphatic heterocycles. The Hall–Kier alpha value is 0.238. The molecule has 0 aromatic heterocycles. The molecular formula is C3H9AsO4. The van der Waals surface area contributed by atoms with E-state index in [-0.39, 0.29) is 0 Å². The van der Waals surface area contributed by atoms with Gasteiger partial charge in [0, 0.05) is 0 Å². The molecule has 0 aromatic carbocycles. The van der Waals surface area contributed by atoms with Crippen LogP contribution in [-0.4, -0.2) is 35.8 Å². The molecule has 0 saturated heterocycles. The standard InChI is InChI=1S/C3H9AsO4/c1-6-4(5,7-2)8-3/h1-3H3. The summed E-state index contributed by atoms with van der Waals surface area (Å²) in [7, 11) is 3.85. The van der Waals surface area contributed by atoms with Gasteiger partial charge in [0.15, 0.2) is 0 Å². The molecule has 0 aliphatic rings. The Morgan fingerprint density at radius 3 is 1.25 bits per heavy atom. The van der Waals surface area contributed by atoms with Crippen molar-refractivity contribution in [2.75, 3.05) is 21.3 Å². The van der Waals surface area contributed by atoms with Crippen molar-refractivity contribution in [2.24, 2.45) is 0 Å². The molecule has 0 rings (SSSR count). The van der Waals surface area contributed by atoms with E-state index in [4.69, 9.17) is 0 Å². The first-order valence-corrected chi connectivity index (χ1v) is 5.02. The summed E-state index contributed by atoms with van der Waals surface area (Å²) in [4.78, 5) is 0. The van der Waals surface area contributed by atoms with E-state index >= 15 is 0 Å². The Balaban J connectivity index is 3.79. The van der Waals surface area contributed by atoms with Crippen LogP contribution in [-0.2, 0) is 14.9 Å². The SMILES string of the molecule is CO[As](=O)(OC)OC. The molecule has 0 aromatic rings. The minimum atomic E-state index is -3.73. The van der Waals surface area contributed by atoms with Crippen LogP contribution in [0.2, 0.25) is 0 Å². The number of hydrogen-bond donors (Lipinski definition) is 0. The van der Waals surface area contributed by atoms with Crippen molar-refractivity contribution in [3.8, 4) is 0 Å². The summed E-state index contributed by atoms with van der Waals surface area (Å²) in [5.74, 6) is 0. The summed E-state index contributed by atoms with van der Waals surface area (Å²) in [5.41, 5.74) is 0. The predicted molar refractivity (Wildman–Crippen MR) is 27.5 cm³/mol. The molecule has 0 atom stereocenters. The van der Waals surface area contributed by atoms with Crippen molar-refractivity contribution in [3.63, 3.8) is 0 Å². The van der Waals surface area contributed by atoms with E-state index in [0.717, 1.165) is 0 Å². The first-order valence-electron chi connectivity index (χ1n) is 1.96. The second-order valence-corrected chi connectivity index (χ2v) is 5.17.